The smallest absolute Gasteiger partial charge is 0.267 e. The van der Waals surface area contributed by atoms with E-state index in [4.69, 9.17) is 4.74 Å². The van der Waals surface area contributed by atoms with E-state index in [9.17, 15) is 14.0 Å². The Labute approximate surface area is 153 Å². The SMILES string of the molecule is CC(C)CNC(=O)CN1C(=O)C(Oc2ccc(F)cc2)C12CCCCC2. The lowest BCUT2D eigenvalue weighted by Crippen LogP contribution is -2.77. The zero-order valence-electron chi connectivity index (χ0n) is 15.5. The van der Waals surface area contributed by atoms with Crippen LogP contribution in [0.15, 0.2) is 24.3 Å². The van der Waals surface area contributed by atoms with Crippen molar-refractivity contribution in [3.8, 4) is 5.75 Å². The second-order valence-corrected chi connectivity index (χ2v) is 7.74. The molecule has 26 heavy (non-hydrogen) atoms. The summed E-state index contributed by atoms with van der Waals surface area (Å²) < 4.78 is 19.0. The van der Waals surface area contributed by atoms with Gasteiger partial charge in [0.2, 0.25) is 5.91 Å². The first-order valence-electron chi connectivity index (χ1n) is 9.43. The summed E-state index contributed by atoms with van der Waals surface area (Å²) in [5.41, 5.74) is -0.418. The van der Waals surface area contributed by atoms with Gasteiger partial charge < -0.3 is 15.0 Å². The lowest BCUT2D eigenvalue weighted by Gasteiger charge is -2.58. The minimum Gasteiger partial charge on any atom is -0.478 e. The Kier molecular flexibility index (Phi) is 5.49. The average Bonchev–Trinajstić information content (AvgIpc) is 2.64. The number of carbonyl (C=O) groups is 2. The van der Waals surface area contributed by atoms with Gasteiger partial charge in [0.15, 0.2) is 6.10 Å². The number of ether oxygens (including phenoxy) is 1. The fourth-order valence-corrected chi connectivity index (χ4v) is 3.92. The fourth-order valence-electron chi connectivity index (χ4n) is 3.92. The van der Waals surface area contributed by atoms with Crippen molar-refractivity contribution in [2.75, 3.05) is 13.1 Å². The quantitative estimate of drug-likeness (QED) is 0.792. The molecule has 0 radical (unpaired) electrons. The van der Waals surface area contributed by atoms with Crippen LogP contribution in [0.1, 0.15) is 46.0 Å². The maximum Gasteiger partial charge on any atom is 0.267 e. The number of carbonyl (C=O) groups excluding carboxylic acids is 2. The van der Waals surface area contributed by atoms with Crippen LogP contribution >= 0.6 is 0 Å². The third kappa shape index (κ3) is 3.69. The predicted molar refractivity (Wildman–Crippen MR) is 96.2 cm³/mol. The molecule has 2 amide bonds. The van der Waals surface area contributed by atoms with E-state index >= 15 is 0 Å². The standard InChI is InChI=1S/C20H27FN2O3/c1-14(2)12-22-17(24)13-23-19(25)18(20(23)10-4-3-5-11-20)26-16-8-6-15(21)7-9-16/h6-9,14,18H,3-5,10-13H2,1-2H3,(H,22,24). The van der Waals surface area contributed by atoms with E-state index in [2.05, 4.69) is 5.32 Å². The summed E-state index contributed by atoms with van der Waals surface area (Å²) in [7, 11) is 0. The van der Waals surface area contributed by atoms with Gasteiger partial charge in [0.05, 0.1) is 5.54 Å². The van der Waals surface area contributed by atoms with Crippen LogP contribution in [0.4, 0.5) is 4.39 Å². The molecule has 1 saturated heterocycles. The Morgan fingerprint density at radius 1 is 1.27 bits per heavy atom. The van der Waals surface area contributed by atoms with Crippen LogP contribution < -0.4 is 10.1 Å². The van der Waals surface area contributed by atoms with E-state index in [0.29, 0.717) is 18.2 Å². The predicted octanol–water partition coefficient (Wildman–Crippen LogP) is 2.89. The molecule has 0 aromatic heterocycles. The number of likely N-dealkylation sites (tertiary alicyclic amines) is 1. The van der Waals surface area contributed by atoms with Crippen molar-refractivity contribution < 1.29 is 18.7 Å². The molecule has 5 nitrogen and oxygen atoms in total. The zero-order chi connectivity index (χ0) is 18.7. The summed E-state index contributed by atoms with van der Waals surface area (Å²) in [4.78, 5) is 26.7. The molecule has 6 heteroatoms. The fraction of sp³-hybridized carbons (Fsp3) is 0.600. The lowest BCUT2D eigenvalue weighted by molar-refractivity contribution is -0.187. The highest BCUT2D eigenvalue weighted by molar-refractivity contribution is 5.94. The molecular weight excluding hydrogens is 335 g/mol. The molecule has 1 saturated carbocycles. The number of β-lactam (4-membered cyclic amide) rings is 1. The van der Waals surface area contributed by atoms with Gasteiger partial charge in [-0.15, -0.1) is 0 Å². The lowest BCUT2D eigenvalue weighted by atomic mass is 9.70. The largest absolute Gasteiger partial charge is 0.478 e. The number of amides is 2. The zero-order valence-corrected chi connectivity index (χ0v) is 15.5. The van der Waals surface area contributed by atoms with Crippen molar-refractivity contribution in [2.45, 2.75) is 57.6 Å². The summed E-state index contributed by atoms with van der Waals surface area (Å²) in [6.45, 7) is 4.74. The van der Waals surface area contributed by atoms with Crippen molar-refractivity contribution in [1.29, 1.82) is 0 Å². The van der Waals surface area contributed by atoms with Crippen LogP contribution in [-0.4, -0.2) is 41.4 Å². The van der Waals surface area contributed by atoms with Gasteiger partial charge in [-0.25, -0.2) is 4.39 Å². The molecule has 2 aliphatic rings. The molecule has 3 rings (SSSR count). The number of rotatable bonds is 6. The molecule has 1 aliphatic carbocycles. The van der Waals surface area contributed by atoms with Gasteiger partial charge in [-0.1, -0.05) is 33.1 Å². The van der Waals surface area contributed by atoms with Crippen molar-refractivity contribution >= 4 is 11.8 Å². The molecule has 1 unspecified atom stereocenters. The number of hydrogen-bond acceptors (Lipinski definition) is 3. The van der Waals surface area contributed by atoms with Gasteiger partial charge in [0.25, 0.3) is 5.91 Å². The van der Waals surface area contributed by atoms with Crippen molar-refractivity contribution in [1.82, 2.24) is 10.2 Å². The van der Waals surface area contributed by atoms with Gasteiger partial charge in [0.1, 0.15) is 18.1 Å². The normalized spacial score (nSPS) is 21.6. The molecule has 1 atom stereocenters. The van der Waals surface area contributed by atoms with Gasteiger partial charge in [-0.2, -0.15) is 0 Å². The third-order valence-electron chi connectivity index (χ3n) is 5.31. The number of benzene rings is 1. The van der Waals surface area contributed by atoms with Crippen LogP contribution in [-0.2, 0) is 9.59 Å². The molecule has 1 N–H and O–H groups in total. The highest BCUT2D eigenvalue weighted by atomic mass is 19.1. The van der Waals surface area contributed by atoms with Crippen LogP contribution in [0.5, 0.6) is 5.75 Å². The van der Waals surface area contributed by atoms with Crippen molar-refractivity contribution in [3.05, 3.63) is 30.1 Å². The molecule has 0 bridgehead atoms. The van der Waals surface area contributed by atoms with Gasteiger partial charge in [0, 0.05) is 6.54 Å². The van der Waals surface area contributed by atoms with Gasteiger partial charge >= 0.3 is 0 Å². The second kappa shape index (κ2) is 7.64. The van der Waals surface area contributed by atoms with E-state index in [1.54, 1.807) is 4.90 Å². The van der Waals surface area contributed by atoms with E-state index in [0.717, 1.165) is 32.1 Å². The first kappa shape index (κ1) is 18.7. The van der Waals surface area contributed by atoms with E-state index < -0.39 is 11.6 Å². The Bertz CT molecular complexity index is 654. The topological polar surface area (TPSA) is 58.6 Å². The van der Waals surface area contributed by atoms with E-state index in [1.165, 1.54) is 24.3 Å². The minimum absolute atomic E-state index is 0.0782. The van der Waals surface area contributed by atoms with Gasteiger partial charge in [-0.05, 0) is 43.0 Å². The first-order chi connectivity index (χ1) is 12.4. The van der Waals surface area contributed by atoms with Crippen molar-refractivity contribution in [2.24, 2.45) is 5.92 Å². The van der Waals surface area contributed by atoms with Gasteiger partial charge in [-0.3, -0.25) is 9.59 Å². The highest BCUT2D eigenvalue weighted by Gasteiger charge is 2.62. The van der Waals surface area contributed by atoms with Crippen LogP contribution in [0.25, 0.3) is 0 Å². The van der Waals surface area contributed by atoms with Crippen LogP contribution in [0.3, 0.4) is 0 Å². The van der Waals surface area contributed by atoms with Crippen LogP contribution in [0, 0.1) is 11.7 Å². The Morgan fingerprint density at radius 3 is 2.54 bits per heavy atom. The Hall–Kier alpha value is -2.11. The summed E-state index contributed by atoms with van der Waals surface area (Å²) in [6, 6.07) is 5.72. The Balaban J connectivity index is 1.71. The second-order valence-electron chi connectivity index (χ2n) is 7.74. The highest BCUT2D eigenvalue weighted by Crippen LogP contribution is 2.45. The molecule has 1 heterocycles. The number of nitrogens with zero attached hydrogens (tertiary/aromatic N) is 1. The minimum atomic E-state index is -0.592. The summed E-state index contributed by atoms with van der Waals surface area (Å²) in [6.07, 6.45) is 4.24. The monoisotopic (exact) mass is 362 g/mol. The summed E-state index contributed by atoms with van der Waals surface area (Å²) in [5.74, 6) is 0.226. The molecule has 142 valence electrons. The molecular formula is C20H27FN2O3. The Morgan fingerprint density at radius 2 is 1.92 bits per heavy atom. The maximum absolute atomic E-state index is 13.1. The summed E-state index contributed by atoms with van der Waals surface area (Å²) in [5, 5.41) is 2.88. The first-order valence-corrected chi connectivity index (χ1v) is 9.43. The third-order valence-corrected chi connectivity index (χ3v) is 5.31. The van der Waals surface area contributed by atoms with Crippen LogP contribution in [0.2, 0.25) is 0 Å². The molecule has 1 aromatic rings. The molecule has 1 spiro atoms. The van der Waals surface area contributed by atoms with Crippen molar-refractivity contribution in [3.63, 3.8) is 0 Å². The average molecular weight is 362 g/mol. The van der Waals surface area contributed by atoms with E-state index in [1.807, 2.05) is 13.8 Å². The summed E-state index contributed by atoms with van der Waals surface area (Å²) >= 11 is 0. The molecule has 2 fully saturated rings. The maximum atomic E-state index is 13.1. The molecule has 1 aromatic carbocycles. The molecule has 1 aliphatic heterocycles. The van der Waals surface area contributed by atoms with E-state index in [-0.39, 0.29) is 24.2 Å². The number of hydrogen-bond donors (Lipinski definition) is 1. The number of halogens is 1. The number of nitrogens with one attached hydrogen (secondary N) is 1.